The number of rotatable bonds is 12. The molecule has 5 atom stereocenters. The van der Waals surface area contributed by atoms with E-state index < -0.39 is 36.4 Å². The van der Waals surface area contributed by atoms with E-state index in [-0.39, 0.29) is 5.91 Å². The van der Waals surface area contributed by atoms with Gasteiger partial charge in [0.05, 0.1) is 32.5 Å². The highest BCUT2D eigenvalue weighted by Gasteiger charge is 2.44. The second-order valence-corrected chi connectivity index (χ2v) is 9.17. The van der Waals surface area contributed by atoms with Gasteiger partial charge in [-0.25, -0.2) is 0 Å². The Balaban J connectivity index is 1.32. The molecule has 0 aliphatic carbocycles. The van der Waals surface area contributed by atoms with Gasteiger partial charge in [-0.1, -0.05) is 42.5 Å². The lowest BCUT2D eigenvalue weighted by molar-refractivity contribution is -0.173. The molecule has 0 radical (unpaired) electrons. The van der Waals surface area contributed by atoms with Gasteiger partial charge in [0.15, 0.2) is 0 Å². The molecule has 8 nitrogen and oxygen atoms in total. The quantitative estimate of drug-likeness (QED) is 0.338. The van der Waals surface area contributed by atoms with Crippen LogP contribution in [0.2, 0.25) is 0 Å². The Morgan fingerprint density at radius 2 is 1.82 bits per heavy atom. The summed E-state index contributed by atoms with van der Waals surface area (Å²) < 4.78 is 17.1. The molecule has 0 saturated carbocycles. The van der Waals surface area contributed by atoms with E-state index in [0.717, 1.165) is 12.0 Å². The Labute approximate surface area is 198 Å². The minimum Gasteiger partial charge on any atom is -0.394 e. The molecule has 3 rings (SSSR count). The van der Waals surface area contributed by atoms with Gasteiger partial charge in [-0.15, -0.1) is 11.8 Å². The first kappa shape index (κ1) is 25.9. The van der Waals surface area contributed by atoms with Crippen molar-refractivity contribution in [1.82, 2.24) is 5.32 Å². The van der Waals surface area contributed by atoms with Crippen LogP contribution in [0.4, 0.5) is 0 Å². The van der Waals surface area contributed by atoms with Gasteiger partial charge in [-0.05, 0) is 28.5 Å². The number of thioether (sulfide) groups is 1. The van der Waals surface area contributed by atoms with E-state index in [0.29, 0.717) is 32.2 Å². The number of carbonyl (C=O) groups is 1. The molecule has 33 heavy (non-hydrogen) atoms. The van der Waals surface area contributed by atoms with Crippen molar-refractivity contribution < 1.29 is 34.3 Å². The number of nitrogens with one attached hydrogen (secondary N) is 1. The first-order valence-corrected chi connectivity index (χ1v) is 12.2. The number of hydrogen-bond acceptors (Lipinski definition) is 8. The molecule has 0 bridgehead atoms. The summed E-state index contributed by atoms with van der Waals surface area (Å²) in [6, 6.07) is 13.7. The molecule has 1 aliphatic rings. The third kappa shape index (κ3) is 7.38. The lowest BCUT2D eigenvalue weighted by Crippen LogP contribution is -2.63. The molecule has 9 heteroatoms. The van der Waals surface area contributed by atoms with Crippen molar-refractivity contribution in [2.75, 3.05) is 32.2 Å². The molecule has 1 amide bonds. The molecular weight excluding hydrogens is 446 g/mol. The molecule has 2 aromatic rings. The summed E-state index contributed by atoms with van der Waals surface area (Å²) in [5, 5.41) is 34.8. The fraction of sp³-hybridized carbons (Fsp3) is 0.542. The average molecular weight is 480 g/mol. The first-order valence-electron chi connectivity index (χ1n) is 11.1. The number of ether oxygens (including phenoxy) is 3. The van der Waals surface area contributed by atoms with Crippen LogP contribution in [0.5, 0.6) is 0 Å². The summed E-state index contributed by atoms with van der Waals surface area (Å²) in [7, 11) is 0. The second-order valence-electron chi connectivity index (χ2n) is 7.96. The Morgan fingerprint density at radius 3 is 2.61 bits per heavy atom. The second kappa shape index (κ2) is 13.2. The maximum Gasteiger partial charge on any atom is 0.217 e. The van der Waals surface area contributed by atoms with Gasteiger partial charge in [-0.3, -0.25) is 4.79 Å². The molecule has 1 aliphatic heterocycles. The Bertz CT molecular complexity index is 878. The zero-order chi connectivity index (χ0) is 23.6. The fourth-order valence-electron chi connectivity index (χ4n) is 3.79. The van der Waals surface area contributed by atoms with Crippen molar-refractivity contribution in [3.63, 3.8) is 0 Å². The number of fused-ring (bicyclic) bond motifs is 1. The van der Waals surface area contributed by atoms with Crippen molar-refractivity contribution in [2.45, 2.75) is 49.7 Å². The van der Waals surface area contributed by atoms with E-state index in [4.69, 9.17) is 14.2 Å². The molecule has 0 spiro atoms. The van der Waals surface area contributed by atoms with Crippen LogP contribution in [0.15, 0.2) is 42.5 Å². The predicted molar refractivity (Wildman–Crippen MR) is 127 cm³/mol. The third-order valence-corrected chi connectivity index (χ3v) is 6.73. The van der Waals surface area contributed by atoms with Gasteiger partial charge in [-0.2, -0.15) is 0 Å². The maximum atomic E-state index is 11.5. The molecule has 4 N–H and O–H groups in total. The van der Waals surface area contributed by atoms with Crippen LogP contribution >= 0.6 is 11.8 Å². The normalized spacial score (nSPS) is 25.3. The predicted octanol–water partition coefficient (Wildman–Crippen LogP) is 1.44. The maximum absolute atomic E-state index is 11.5. The van der Waals surface area contributed by atoms with E-state index in [1.165, 1.54) is 29.5 Å². The van der Waals surface area contributed by atoms with E-state index in [1.54, 1.807) is 0 Å². The molecular formula is C24H33NO7S. The number of hydrogen-bond donors (Lipinski definition) is 4. The molecule has 1 fully saturated rings. The largest absolute Gasteiger partial charge is 0.394 e. The van der Waals surface area contributed by atoms with Crippen LogP contribution in [-0.4, -0.2) is 83.2 Å². The van der Waals surface area contributed by atoms with Gasteiger partial charge in [0.1, 0.15) is 23.7 Å². The van der Waals surface area contributed by atoms with Crippen molar-refractivity contribution in [2.24, 2.45) is 0 Å². The summed E-state index contributed by atoms with van der Waals surface area (Å²) in [5.74, 6) is 0.341. The summed E-state index contributed by atoms with van der Waals surface area (Å²) in [6.07, 6.45) is -2.63. The van der Waals surface area contributed by atoms with Gasteiger partial charge in [0.2, 0.25) is 5.91 Å². The molecule has 182 valence electrons. The summed E-state index contributed by atoms with van der Waals surface area (Å²) in [4.78, 5) is 11.5. The lowest BCUT2D eigenvalue weighted by Gasteiger charge is -2.42. The summed E-state index contributed by atoms with van der Waals surface area (Å²) in [5.41, 5.74) is 0.577. The zero-order valence-corrected chi connectivity index (χ0v) is 19.6. The van der Waals surface area contributed by atoms with E-state index in [9.17, 15) is 20.1 Å². The van der Waals surface area contributed by atoms with E-state index in [1.807, 2.05) is 18.2 Å². The van der Waals surface area contributed by atoms with Crippen molar-refractivity contribution >= 4 is 28.4 Å². The van der Waals surface area contributed by atoms with E-state index in [2.05, 4.69) is 29.6 Å². The van der Waals surface area contributed by atoms with Crippen LogP contribution in [0.3, 0.4) is 0 Å². The number of aliphatic hydroxyl groups is 3. The SMILES string of the molecule is CC(=O)N[C@@H]1[C@@H](O)[C@H](O)[C@@H](CO)O[C@H]1SCCCOCCOCc1cccc2ccccc12. The highest BCUT2D eigenvalue weighted by Crippen LogP contribution is 2.29. The molecule has 0 unspecified atom stereocenters. The first-order chi connectivity index (χ1) is 16.0. The lowest BCUT2D eigenvalue weighted by atomic mass is 9.98. The summed E-state index contributed by atoms with van der Waals surface area (Å²) >= 11 is 1.41. The van der Waals surface area contributed by atoms with Crippen molar-refractivity contribution in [3.05, 3.63) is 48.0 Å². The number of carbonyl (C=O) groups excluding carboxylic acids is 1. The molecule has 1 saturated heterocycles. The molecule has 1 heterocycles. The zero-order valence-electron chi connectivity index (χ0n) is 18.8. The van der Waals surface area contributed by atoms with Crippen molar-refractivity contribution in [3.8, 4) is 0 Å². The molecule has 0 aromatic heterocycles. The summed E-state index contributed by atoms with van der Waals surface area (Å²) in [6.45, 7) is 2.98. The topological polar surface area (TPSA) is 117 Å². The smallest absolute Gasteiger partial charge is 0.217 e. The Morgan fingerprint density at radius 1 is 1.06 bits per heavy atom. The number of aliphatic hydroxyl groups excluding tert-OH is 3. The van der Waals surface area contributed by atoms with Crippen LogP contribution < -0.4 is 5.32 Å². The Kier molecular flexibility index (Phi) is 10.4. The average Bonchev–Trinajstić information content (AvgIpc) is 2.82. The van der Waals surface area contributed by atoms with Crippen LogP contribution in [0.1, 0.15) is 18.9 Å². The third-order valence-electron chi connectivity index (χ3n) is 5.48. The molecule has 2 aromatic carbocycles. The van der Waals surface area contributed by atoms with Crippen LogP contribution in [0, 0.1) is 0 Å². The standard InChI is InChI=1S/C24H33NO7S/c1-16(27)25-21-23(29)22(28)20(14-26)32-24(21)33-13-5-10-30-11-12-31-15-18-8-4-7-17-6-2-3-9-19(17)18/h2-4,6-9,20-24,26,28-29H,5,10-15H2,1H3,(H,25,27)/t20-,21-,22-,23-,24+/m1/s1. The fourth-order valence-corrected chi connectivity index (χ4v) is 4.97. The van der Waals surface area contributed by atoms with Crippen LogP contribution in [0.25, 0.3) is 10.8 Å². The number of amides is 1. The van der Waals surface area contributed by atoms with Crippen LogP contribution in [-0.2, 0) is 25.6 Å². The minimum absolute atomic E-state index is 0.324. The number of benzene rings is 2. The monoisotopic (exact) mass is 479 g/mol. The van der Waals surface area contributed by atoms with Gasteiger partial charge in [0, 0.05) is 13.5 Å². The van der Waals surface area contributed by atoms with Crippen molar-refractivity contribution in [1.29, 1.82) is 0 Å². The van der Waals surface area contributed by atoms with Gasteiger partial charge in [0.25, 0.3) is 0 Å². The van der Waals surface area contributed by atoms with Gasteiger partial charge < -0.3 is 34.8 Å². The highest BCUT2D eigenvalue weighted by molar-refractivity contribution is 7.99. The highest BCUT2D eigenvalue weighted by atomic mass is 32.2. The minimum atomic E-state index is -1.26. The Hall–Kier alpha value is -1.72. The van der Waals surface area contributed by atoms with Gasteiger partial charge >= 0.3 is 0 Å². The van der Waals surface area contributed by atoms with E-state index >= 15 is 0 Å².